The minimum atomic E-state index is -0.102. The molecule has 1 aromatic heterocycles. The molecule has 20 heavy (non-hydrogen) atoms. The van der Waals surface area contributed by atoms with Crippen LogP contribution in [0, 0.1) is 0 Å². The standard InChI is InChI=1S/C17H25N3/c1-5-10-20-12-14(11-19-20)16(18)13-6-8-15(9-7-13)17(2,3)4/h6-9,11-12,16H,5,10,18H2,1-4H3. The Bertz CT molecular complexity index is 546. The van der Waals surface area contributed by atoms with Gasteiger partial charge in [0.25, 0.3) is 0 Å². The second-order valence-corrected chi connectivity index (χ2v) is 6.39. The van der Waals surface area contributed by atoms with Crippen LogP contribution >= 0.6 is 0 Å². The van der Waals surface area contributed by atoms with E-state index in [4.69, 9.17) is 5.73 Å². The summed E-state index contributed by atoms with van der Waals surface area (Å²) < 4.78 is 1.96. The van der Waals surface area contributed by atoms with Gasteiger partial charge in [0.2, 0.25) is 0 Å². The van der Waals surface area contributed by atoms with Crippen molar-refractivity contribution in [2.24, 2.45) is 5.73 Å². The lowest BCUT2D eigenvalue weighted by molar-refractivity contribution is 0.589. The predicted molar refractivity (Wildman–Crippen MR) is 83.7 cm³/mol. The molecule has 0 aliphatic carbocycles. The third-order valence-electron chi connectivity index (χ3n) is 3.60. The Balaban J connectivity index is 2.17. The van der Waals surface area contributed by atoms with Crippen LogP contribution in [0.15, 0.2) is 36.7 Å². The first-order valence-corrected chi connectivity index (χ1v) is 7.30. The molecule has 0 saturated heterocycles. The van der Waals surface area contributed by atoms with Gasteiger partial charge in [-0.05, 0) is 23.0 Å². The number of nitrogens with zero attached hydrogens (tertiary/aromatic N) is 2. The van der Waals surface area contributed by atoms with E-state index >= 15 is 0 Å². The maximum absolute atomic E-state index is 6.33. The van der Waals surface area contributed by atoms with E-state index in [0.717, 1.165) is 24.1 Å². The van der Waals surface area contributed by atoms with E-state index in [1.54, 1.807) is 0 Å². The zero-order chi connectivity index (χ0) is 14.8. The van der Waals surface area contributed by atoms with Crippen LogP contribution in [0.25, 0.3) is 0 Å². The van der Waals surface area contributed by atoms with E-state index in [0.29, 0.717) is 0 Å². The molecule has 1 atom stereocenters. The van der Waals surface area contributed by atoms with Crippen LogP contribution in [-0.2, 0) is 12.0 Å². The summed E-state index contributed by atoms with van der Waals surface area (Å²) in [6.07, 6.45) is 5.00. The molecule has 3 nitrogen and oxygen atoms in total. The summed E-state index contributed by atoms with van der Waals surface area (Å²) in [5.41, 5.74) is 10.0. The zero-order valence-electron chi connectivity index (χ0n) is 12.9. The van der Waals surface area contributed by atoms with Crippen molar-refractivity contribution in [2.45, 2.75) is 52.1 Å². The quantitative estimate of drug-likeness (QED) is 0.922. The summed E-state index contributed by atoms with van der Waals surface area (Å²) in [7, 11) is 0. The van der Waals surface area contributed by atoms with Crippen molar-refractivity contribution >= 4 is 0 Å². The van der Waals surface area contributed by atoms with Gasteiger partial charge in [-0.15, -0.1) is 0 Å². The van der Waals surface area contributed by atoms with Crippen molar-refractivity contribution in [3.05, 3.63) is 53.3 Å². The van der Waals surface area contributed by atoms with Gasteiger partial charge in [0.1, 0.15) is 0 Å². The van der Waals surface area contributed by atoms with Crippen LogP contribution in [0.5, 0.6) is 0 Å². The summed E-state index contributed by atoms with van der Waals surface area (Å²) in [6.45, 7) is 9.74. The Labute approximate surface area is 121 Å². The summed E-state index contributed by atoms with van der Waals surface area (Å²) in [5.74, 6) is 0. The summed E-state index contributed by atoms with van der Waals surface area (Å²) in [5, 5.41) is 4.35. The number of nitrogens with two attached hydrogens (primary N) is 1. The van der Waals surface area contributed by atoms with Crippen molar-refractivity contribution in [2.75, 3.05) is 0 Å². The molecule has 1 aromatic carbocycles. The average Bonchev–Trinajstić information content (AvgIpc) is 2.86. The first kappa shape index (κ1) is 14.8. The summed E-state index contributed by atoms with van der Waals surface area (Å²) in [4.78, 5) is 0. The van der Waals surface area contributed by atoms with Crippen LogP contribution in [0.2, 0.25) is 0 Å². The SMILES string of the molecule is CCCn1cc(C(N)c2ccc(C(C)(C)C)cc2)cn1. The maximum Gasteiger partial charge on any atom is 0.0582 e. The lowest BCUT2D eigenvalue weighted by Crippen LogP contribution is -2.14. The van der Waals surface area contributed by atoms with E-state index in [1.165, 1.54) is 5.56 Å². The number of hydrogen-bond acceptors (Lipinski definition) is 2. The summed E-state index contributed by atoms with van der Waals surface area (Å²) >= 11 is 0. The van der Waals surface area contributed by atoms with Crippen molar-refractivity contribution in [1.29, 1.82) is 0 Å². The molecule has 1 heterocycles. The Kier molecular flexibility index (Phi) is 4.29. The molecule has 108 valence electrons. The third kappa shape index (κ3) is 3.28. The first-order valence-electron chi connectivity index (χ1n) is 7.30. The highest BCUT2D eigenvalue weighted by atomic mass is 15.3. The number of hydrogen-bond donors (Lipinski definition) is 1. The van der Waals surface area contributed by atoms with E-state index in [9.17, 15) is 0 Å². The van der Waals surface area contributed by atoms with Gasteiger partial charge in [-0.2, -0.15) is 5.10 Å². The molecule has 0 fully saturated rings. The largest absolute Gasteiger partial charge is 0.320 e. The highest BCUT2D eigenvalue weighted by Crippen LogP contribution is 2.25. The molecule has 2 aromatic rings. The fraction of sp³-hybridized carbons (Fsp3) is 0.471. The third-order valence-corrected chi connectivity index (χ3v) is 3.60. The maximum atomic E-state index is 6.33. The topological polar surface area (TPSA) is 43.8 Å². The normalized spacial score (nSPS) is 13.4. The molecule has 1 unspecified atom stereocenters. The molecule has 0 aliphatic heterocycles. The van der Waals surface area contributed by atoms with Gasteiger partial charge in [0.15, 0.2) is 0 Å². The Morgan fingerprint density at radius 2 is 1.80 bits per heavy atom. The van der Waals surface area contributed by atoms with Crippen LogP contribution in [0.4, 0.5) is 0 Å². The Morgan fingerprint density at radius 1 is 1.15 bits per heavy atom. The average molecular weight is 271 g/mol. The summed E-state index contributed by atoms with van der Waals surface area (Å²) in [6, 6.07) is 8.50. The smallest absolute Gasteiger partial charge is 0.0582 e. The van der Waals surface area contributed by atoms with Gasteiger partial charge in [-0.3, -0.25) is 4.68 Å². The molecule has 0 spiro atoms. The second-order valence-electron chi connectivity index (χ2n) is 6.39. The Hall–Kier alpha value is -1.61. The van der Waals surface area contributed by atoms with E-state index in [-0.39, 0.29) is 11.5 Å². The van der Waals surface area contributed by atoms with Crippen LogP contribution < -0.4 is 5.73 Å². The van der Waals surface area contributed by atoms with Gasteiger partial charge in [0, 0.05) is 18.3 Å². The van der Waals surface area contributed by atoms with E-state index in [2.05, 4.69) is 57.1 Å². The first-order chi connectivity index (χ1) is 9.41. The fourth-order valence-corrected chi connectivity index (χ4v) is 2.27. The molecule has 0 radical (unpaired) electrons. The number of aryl methyl sites for hydroxylation is 1. The van der Waals surface area contributed by atoms with Gasteiger partial charge in [-0.1, -0.05) is 52.0 Å². The van der Waals surface area contributed by atoms with Gasteiger partial charge in [-0.25, -0.2) is 0 Å². The van der Waals surface area contributed by atoms with Gasteiger partial charge in [0.05, 0.1) is 12.2 Å². The van der Waals surface area contributed by atoms with E-state index in [1.807, 2.05) is 17.1 Å². The fourth-order valence-electron chi connectivity index (χ4n) is 2.27. The number of benzene rings is 1. The van der Waals surface area contributed by atoms with Gasteiger partial charge < -0.3 is 5.73 Å². The highest BCUT2D eigenvalue weighted by Gasteiger charge is 2.15. The minimum absolute atomic E-state index is 0.102. The molecular formula is C17H25N3. The molecule has 3 heteroatoms. The zero-order valence-corrected chi connectivity index (χ0v) is 12.9. The lowest BCUT2D eigenvalue weighted by atomic mass is 9.86. The monoisotopic (exact) mass is 271 g/mol. The van der Waals surface area contributed by atoms with Crippen molar-refractivity contribution < 1.29 is 0 Å². The van der Waals surface area contributed by atoms with Crippen LogP contribution in [0.3, 0.4) is 0 Å². The highest BCUT2D eigenvalue weighted by molar-refractivity contribution is 5.33. The number of aromatic nitrogens is 2. The van der Waals surface area contributed by atoms with Crippen LogP contribution in [0.1, 0.15) is 56.8 Å². The van der Waals surface area contributed by atoms with E-state index < -0.39 is 0 Å². The predicted octanol–water partition coefficient (Wildman–Crippen LogP) is 3.64. The molecule has 0 aliphatic rings. The molecule has 2 rings (SSSR count). The molecule has 0 amide bonds. The molecular weight excluding hydrogens is 246 g/mol. The van der Waals surface area contributed by atoms with Gasteiger partial charge >= 0.3 is 0 Å². The van der Waals surface area contributed by atoms with Crippen molar-refractivity contribution in [3.63, 3.8) is 0 Å². The van der Waals surface area contributed by atoms with Crippen molar-refractivity contribution in [1.82, 2.24) is 9.78 Å². The van der Waals surface area contributed by atoms with Crippen LogP contribution in [-0.4, -0.2) is 9.78 Å². The molecule has 0 saturated carbocycles. The minimum Gasteiger partial charge on any atom is -0.320 e. The molecule has 0 bridgehead atoms. The Morgan fingerprint density at radius 3 is 2.35 bits per heavy atom. The second kappa shape index (κ2) is 5.80. The molecule has 2 N–H and O–H groups in total. The van der Waals surface area contributed by atoms with Crippen molar-refractivity contribution in [3.8, 4) is 0 Å². The lowest BCUT2D eigenvalue weighted by Gasteiger charge is -2.20. The number of rotatable bonds is 4.